The van der Waals surface area contributed by atoms with Crippen LogP contribution in [0.2, 0.25) is 0 Å². The van der Waals surface area contributed by atoms with Gasteiger partial charge in [-0.1, -0.05) is 18.2 Å². The number of hydrogen-bond donors (Lipinski definition) is 1. The van der Waals surface area contributed by atoms with Crippen LogP contribution in [-0.2, 0) is 6.42 Å². The standard InChI is InChI=1S/C25H25N3O3S/c1-17(13-18-11-12-32-16-18)26-25(29)22-15-28(19-7-5-4-6-8-19)27-24(22)21-14-20(30-2)9-10-23(21)31-3/h4-12,14-17H,13H2,1-3H3,(H,26,29). The molecule has 1 atom stereocenters. The largest absolute Gasteiger partial charge is 0.497 e. The van der Waals surface area contributed by atoms with Gasteiger partial charge in [0.25, 0.3) is 5.91 Å². The van der Waals surface area contributed by atoms with E-state index in [1.54, 1.807) is 36.4 Å². The van der Waals surface area contributed by atoms with E-state index in [0.717, 1.165) is 12.1 Å². The lowest BCUT2D eigenvalue weighted by Gasteiger charge is -2.14. The van der Waals surface area contributed by atoms with Crippen molar-refractivity contribution in [3.63, 3.8) is 0 Å². The minimum atomic E-state index is -0.185. The second kappa shape index (κ2) is 9.70. The van der Waals surface area contributed by atoms with E-state index in [1.807, 2.05) is 60.8 Å². The van der Waals surface area contributed by atoms with E-state index >= 15 is 0 Å². The lowest BCUT2D eigenvalue weighted by Crippen LogP contribution is -2.34. The van der Waals surface area contributed by atoms with Crippen molar-refractivity contribution in [1.82, 2.24) is 15.1 Å². The minimum Gasteiger partial charge on any atom is -0.497 e. The summed E-state index contributed by atoms with van der Waals surface area (Å²) < 4.78 is 12.7. The number of nitrogens with zero attached hydrogens (tertiary/aromatic N) is 2. The van der Waals surface area contributed by atoms with Crippen LogP contribution in [0.5, 0.6) is 11.5 Å². The number of carbonyl (C=O) groups is 1. The van der Waals surface area contributed by atoms with Gasteiger partial charge < -0.3 is 14.8 Å². The third kappa shape index (κ3) is 4.68. The molecule has 1 amide bonds. The first-order valence-electron chi connectivity index (χ1n) is 10.3. The summed E-state index contributed by atoms with van der Waals surface area (Å²) in [6.07, 6.45) is 2.52. The number of aromatic nitrogens is 2. The first-order chi connectivity index (χ1) is 15.6. The van der Waals surface area contributed by atoms with Crippen molar-refractivity contribution >= 4 is 17.2 Å². The van der Waals surface area contributed by atoms with Crippen molar-refractivity contribution < 1.29 is 14.3 Å². The van der Waals surface area contributed by atoms with Crippen LogP contribution in [0.25, 0.3) is 16.9 Å². The van der Waals surface area contributed by atoms with Gasteiger partial charge in [-0.25, -0.2) is 4.68 Å². The van der Waals surface area contributed by atoms with E-state index in [-0.39, 0.29) is 11.9 Å². The Morgan fingerprint density at radius 3 is 2.62 bits per heavy atom. The number of para-hydroxylation sites is 1. The van der Waals surface area contributed by atoms with Gasteiger partial charge in [-0.05, 0) is 66.1 Å². The predicted octanol–water partition coefficient (Wildman–Crippen LogP) is 4.98. The van der Waals surface area contributed by atoms with E-state index in [4.69, 9.17) is 14.6 Å². The zero-order chi connectivity index (χ0) is 22.5. The fraction of sp³-hybridized carbons (Fsp3) is 0.200. The van der Waals surface area contributed by atoms with Crippen LogP contribution in [0.3, 0.4) is 0 Å². The van der Waals surface area contributed by atoms with Gasteiger partial charge in [0, 0.05) is 17.8 Å². The van der Waals surface area contributed by atoms with Crippen LogP contribution < -0.4 is 14.8 Å². The molecule has 0 spiro atoms. The number of thiophene rings is 1. The van der Waals surface area contributed by atoms with Crippen LogP contribution in [0.1, 0.15) is 22.8 Å². The number of rotatable bonds is 8. The van der Waals surface area contributed by atoms with Crippen molar-refractivity contribution in [3.8, 4) is 28.4 Å². The molecule has 164 valence electrons. The predicted molar refractivity (Wildman–Crippen MR) is 127 cm³/mol. The van der Waals surface area contributed by atoms with Crippen LogP contribution in [0.15, 0.2) is 71.6 Å². The number of ether oxygens (including phenoxy) is 2. The minimum absolute atomic E-state index is 0.0303. The van der Waals surface area contributed by atoms with E-state index in [2.05, 4.69) is 16.8 Å². The Hall–Kier alpha value is -3.58. The van der Waals surface area contributed by atoms with Crippen LogP contribution in [0, 0.1) is 0 Å². The molecule has 0 bridgehead atoms. The van der Waals surface area contributed by atoms with Crippen LogP contribution in [0.4, 0.5) is 0 Å². The van der Waals surface area contributed by atoms with Gasteiger partial charge >= 0.3 is 0 Å². The van der Waals surface area contributed by atoms with Gasteiger partial charge in [-0.15, -0.1) is 0 Å². The fourth-order valence-corrected chi connectivity index (χ4v) is 4.25. The number of benzene rings is 2. The van der Waals surface area contributed by atoms with Crippen molar-refractivity contribution in [1.29, 1.82) is 0 Å². The number of methoxy groups -OCH3 is 2. The number of nitrogens with one attached hydrogen (secondary N) is 1. The van der Waals surface area contributed by atoms with E-state index in [1.165, 1.54) is 5.56 Å². The molecule has 0 saturated heterocycles. The highest BCUT2D eigenvalue weighted by atomic mass is 32.1. The molecular weight excluding hydrogens is 422 g/mol. The molecule has 2 aromatic carbocycles. The molecule has 7 heteroatoms. The third-order valence-electron chi connectivity index (χ3n) is 5.14. The maximum Gasteiger partial charge on any atom is 0.255 e. The summed E-state index contributed by atoms with van der Waals surface area (Å²) in [7, 11) is 3.20. The second-order valence-corrected chi connectivity index (χ2v) is 8.23. The Morgan fingerprint density at radius 2 is 1.94 bits per heavy atom. The molecule has 0 radical (unpaired) electrons. The molecule has 4 aromatic rings. The molecule has 32 heavy (non-hydrogen) atoms. The summed E-state index contributed by atoms with van der Waals surface area (Å²) in [6.45, 7) is 2.00. The molecule has 1 N–H and O–H groups in total. The Morgan fingerprint density at radius 1 is 1.12 bits per heavy atom. The summed E-state index contributed by atoms with van der Waals surface area (Å²) in [6, 6.07) is 17.2. The Labute approximate surface area is 191 Å². The zero-order valence-electron chi connectivity index (χ0n) is 18.2. The topological polar surface area (TPSA) is 65.4 Å². The molecule has 2 heterocycles. The molecule has 2 aromatic heterocycles. The van der Waals surface area contributed by atoms with Gasteiger partial charge in [0.05, 0.1) is 25.5 Å². The first-order valence-corrected chi connectivity index (χ1v) is 11.2. The van der Waals surface area contributed by atoms with Gasteiger partial charge in [0.1, 0.15) is 17.2 Å². The Kier molecular flexibility index (Phi) is 6.56. The number of amides is 1. The smallest absolute Gasteiger partial charge is 0.255 e. The average molecular weight is 448 g/mol. The number of carbonyl (C=O) groups excluding carboxylic acids is 1. The lowest BCUT2D eigenvalue weighted by molar-refractivity contribution is 0.0940. The Bertz CT molecular complexity index is 1190. The summed E-state index contributed by atoms with van der Waals surface area (Å²) in [5.41, 5.74) is 3.76. The second-order valence-electron chi connectivity index (χ2n) is 7.45. The van der Waals surface area contributed by atoms with Crippen molar-refractivity contribution in [2.24, 2.45) is 0 Å². The third-order valence-corrected chi connectivity index (χ3v) is 5.87. The highest BCUT2D eigenvalue weighted by Gasteiger charge is 2.23. The molecule has 0 saturated carbocycles. The molecule has 0 fully saturated rings. The van der Waals surface area contributed by atoms with Gasteiger partial charge in [0.15, 0.2) is 0 Å². The van der Waals surface area contributed by atoms with E-state index in [9.17, 15) is 4.79 Å². The van der Waals surface area contributed by atoms with Crippen molar-refractivity contribution in [2.45, 2.75) is 19.4 Å². The molecule has 0 aliphatic heterocycles. The van der Waals surface area contributed by atoms with Gasteiger partial charge in [-0.2, -0.15) is 16.4 Å². The van der Waals surface area contributed by atoms with Crippen molar-refractivity contribution in [3.05, 3.63) is 82.7 Å². The van der Waals surface area contributed by atoms with Gasteiger partial charge in [0.2, 0.25) is 0 Å². The summed E-state index contributed by atoms with van der Waals surface area (Å²) in [5, 5.41) is 12.0. The zero-order valence-corrected chi connectivity index (χ0v) is 19.1. The molecular formula is C25H25N3O3S. The molecule has 1 unspecified atom stereocenters. The van der Waals surface area contributed by atoms with Crippen molar-refractivity contribution in [2.75, 3.05) is 14.2 Å². The first kappa shape index (κ1) is 21.6. The van der Waals surface area contributed by atoms with Crippen LogP contribution >= 0.6 is 11.3 Å². The summed E-state index contributed by atoms with van der Waals surface area (Å²) in [5.74, 6) is 1.09. The molecule has 4 rings (SSSR count). The Balaban J connectivity index is 1.74. The highest BCUT2D eigenvalue weighted by molar-refractivity contribution is 7.07. The maximum atomic E-state index is 13.3. The van der Waals surface area contributed by atoms with E-state index in [0.29, 0.717) is 28.3 Å². The maximum absolute atomic E-state index is 13.3. The molecule has 0 aliphatic rings. The number of hydrogen-bond acceptors (Lipinski definition) is 5. The molecule has 6 nitrogen and oxygen atoms in total. The average Bonchev–Trinajstić information content (AvgIpc) is 3.49. The quantitative estimate of drug-likeness (QED) is 0.414. The van der Waals surface area contributed by atoms with Crippen LogP contribution in [-0.4, -0.2) is 35.9 Å². The lowest BCUT2D eigenvalue weighted by atomic mass is 10.1. The van der Waals surface area contributed by atoms with E-state index < -0.39 is 0 Å². The molecule has 0 aliphatic carbocycles. The summed E-state index contributed by atoms with van der Waals surface area (Å²) >= 11 is 1.65. The normalized spacial score (nSPS) is 11.7. The fourth-order valence-electron chi connectivity index (χ4n) is 3.57. The van der Waals surface area contributed by atoms with Gasteiger partial charge in [-0.3, -0.25) is 4.79 Å². The SMILES string of the molecule is COc1ccc(OC)c(-c2nn(-c3ccccc3)cc2C(=O)NC(C)Cc2ccsc2)c1. The summed E-state index contributed by atoms with van der Waals surface area (Å²) in [4.78, 5) is 13.3. The monoisotopic (exact) mass is 447 g/mol. The highest BCUT2D eigenvalue weighted by Crippen LogP contribution is 2.35.